The Balaban J connectivity index is 2.09. The number of aromatic nitrogens is 1. The topological polar surface area (TPSA) is 87.5 Å². The maximum absolute atomic E-state index is 13.7. The van der Waals surface area contributed by atoms with E-state index in [4.69, 9.17) is 4.42 Å². The normalized spacial score (nSPS) is 10.9. The summed E-state index contributed by atoms with van der Waals surface area (Å²) in [5, 5.41) is 5.24. The van der Waals surface area contributed by atoms with E-state index in [1.54, 1.807) is 12.1 Å². The first-order valence-electron chi connectivity index (χ1n) is 8.35. The number of nitrogens with zero attached hydrogens (tertiary/aromatic N) is 2. The van der Waals surface area contributed by atoms with Crippen molar-refractivity contribution in [2.45, 2.75) is 46.3 Å². The fourth-order valence-corrected chi connectivity index (χ4v) is 2.21. The van der Waals surface area contributed by atoms with Crippen LogP contribution in [0.5, 0.6) is 0 Å². The number of amides is 3. The Morgan fingerprint density at radius 1 is 1.23 bits per heavy atom. The van der Waals surface area contributed by atoms with E-state index >= 15 is 0 Å². The lowest BCUT2D eigenvalue weighted by molar-refractivity contribution is 0.0938. The number of urea groups is 1. The molecule has 7 nitrogen and oxygen atoms in total. The summed E-state index contributed by atoms with van der Waals surface area (Å²) in [5.41, 5.74) is 0.236. The summed E-state index contributed by atoms with van der Waals surface area (Å²) in [6, 6.07) is 5.21. The number of carbonyl (C=O) groups excluding carboxylic acids is 2. The number of para-hydroxylation sites is 1. The molecule has 0 unspecified atom stereocenters. The molecule has 1 aromatic heterocycles. The van der Waals surface area contributed by atoms with Crippen LogP contribution in [0.3, 0.4) is 0 Å². The van der Waals surface area contributed by atoms with E-state index in [1.165, 1.54) is 23.3 Å². The number of hydrogen-bond donors (Lipinski definition) is 2. The molecular weight excluding hydrogens is 339 g/mol. The largest absolute Gasteiger partial charge is 0.446 e. The summed E-state index contributed by atoms with van der Waals surface area (Å²) in [7, 11) is 0. The van der Waals surface area contributed by atoms with E-state index in [1.807, 2.05) is 27.7 Å². The second kappa shape index (κ2) is 8.46. The molecule has 0 spiro atoms. The molecule has 2 rings (SSSR count). The van der Waals surface area contributed by atoms with E-state index in [-0.39, 0.29) is 41.8 Å². The molecule has 0 bridgehead atoms. The van der Waals surface area contributed by atoms with Crippen LogP contribution in [0.25, 0.3) is 0 Å². The Morgan fingerprint density at radius 2 is 1.92 bits per heavy atom. The number of carbonyl (C=O) groups is 2. The lowest BCUT2D eigenvalue weighted by Gasteiger charge is -2.25. The second-order valence-corrected chi connectivity index (χ2v) is 6.39. The molecule has 1 heterocycles. The third-order valence-corrected chi connectivity index (χ3v) is 3.51. The van der Waals surface area contributed by atoms with Crippen LogP contribution in [0.15, 0.2) is 34.9 Å². The zero-order chi connectivity index (χ0) is 19.3. The zero-order valence-electron chi connectivity index (χ0n) is 15.2. The number of oxazole rings is 1. The average molecular weight is 362 g/mol. The highest BCUT2D eigenvalue weighted by Gasteiger charge is 2.22. The van der Waals surface area contributed by atoms with Gasteiger partial charge in [0, 0.05) is 12.1 Å². The van der Waals surface area contributed by atoms with Crippen LogP contribution in [0, 0.1) is 5.82 Å². The zero-order valence-corrected chi connectivity index (χ0v) is 15.2. The molecule has 26 heavy (non-hydrogen) atoms. The van der Waals surface area contributed by atoms with Gasteiger partial charge in [-0.2, -0.15) is 0 Å². The van der Waals surface area contributed by atoms with E-state index in [0.717, 1.165) is 0 Å². The molecule has 1 aromatic carbocycles. The SMILES string of the molecule is CC(C)NC(=O)c1coc(CN(C(=O)Nc2ccccc2F)C(C)C)n1. The molecule has 140 valence electrons. The first-order chi connectivity index (χ1) is 12.3. The number of benzene rings is 1. The van der Waals surface area contributed by atoms with Crippen LogP contribution in [-0.2, 0) is 6.54 Å². The predicted octanol–water partition coefficient (Wildman–Crippen LogP) is 3.39. The summed E-state index contributed by atoms with van der Waals surface area (Å²) < 4.78 is 19.0. The predicted molar refractivity (Wildman–Crippen MR) is 95.2 cm³/mol. The van der Waals surface area contributed by atoms with Crippen LogP contribution < -0.4 is 10.6 Å². The van der Waals surface area contributed by atoms with Gasteiger partial charge in [-0.1, -0.05) is 12.1 Å². The van der Waals surface area contributed by atoms with Crippen LogP contribution in [-0.4, -0.2) is 33.9 Å². The van der Waals surface area contributed by atoms with Crippen molar-refractivity contribution in [1.82, 2.24) is 15.2 Å². The number of anilines is 1. The molecule has 0 radical (unpaired) electrons. The molecule has 2 N–H and O–H groups in total. The molecule has 2 aromatic rings. The highest BCUT2D eigenvalue weighted by Crippen LogP contribution is 2.16. The molecule has 0 aliphatic rings. The average Bonchev–Trinajstić information content (AvgIpc) is 3.02. The highest BCUT2D eigenvalue weighted by molar-refractivity contribution is 5.92. The van der Waals surface area contributed by atoms with Gasteiger partial charge in [0.15, 0.2) is 5.69 Å². The lowest BCUT2D eigenvalue weighted by Crippen LogP contribution is -2.39. The van der Waals surface area contributed by atoms with Crippen LogP contribution in [0.2, 0.25) is 0 Å². The van der Waals surface area contributed by atoms with Crippen molar-refractivity contribution >= 4 is 17.6 Å². The second-order valence-electron chi connectivity index (χ2n) is 6.39. The summed E-state index contributed by atoms with van der Waals surface area (Å²) in [5.74, 6) is -0.647. The summed E-state index contributed by atoms with van der Waals surface area (Å²) in [6.07, 6.45) is 1.25. The monoisotopic (exact) mass is 362 g/mol. The van der Waals surface area contributed by atoms with Crippen molar-refractivity contribution < 1.29 is 18.4 Å². The molecule has 3 amide bonds. The van der Waals surface area contributed by atoms with E-state index in [0.29, 0.717) is 0 Å². The lowest BCUT2D eigenvalue weighted by atomic mass is 10.3. The Morgan fingerprint density at radius 3 is 2.54 bits per heavy atom. The fourth-order valence-electron chi connectivity index (χ4n) is 2.21. The first-order valence-corrected chi connectivity index (χ1v) is 8.35. The third kappa shape index (κ3) is 5.05. The highest BCUT2D eigenvalue weighted by atomic mass is 19.1. The minimum absolute atomic E-state index is 0.0265. The minimum Gasteiger partial charge on any atom is -0.446 e. The number of hydrogen-bond acceptors (Lipinski definition) is 4. The van der Waals surface area contributed by atoms with E-state index in [2.05, 4.69) is 15.6 Å². The Bertz CT molecular complexity index is 773. The van der Waals surface area contributed by atoms with Crippen molar-refractivity contribution in [3.63, 3.8) is 0 Å². The smallest absolute Gasteiger partial charge is 0.322 e. The third-order valence-electron chi connectivity index (χ3n) is 3.51. The maximum atomic E-state index is 13.7. The van der Waals surface area contributed by atoms with Crippen molar-refractivity contribution in [3.8, 4) is 0 Å². The van der Waals surface area contributed by atoms with Gasteiger partial charge in [-0.25, -0.2) is 14.2 Å². The summed E-state index contributed by atoms with van der Waals surface area (Å²) in [4.78, 5) is 30.0. The molecule has 0 fully saturated rings. The molecule has 0 aliphatic heterocycles. The van der Waals surface area contributed by atoms with Crippen LogP contribution >= 0.6 is 0 Å². The van der Waals surface area contributed by atoms with E-state index < -0.39 is 11.8 Å². The molecule has 0 saturated heterocycles. The number of halogens is 1. The van der Waals surface area contributed by atoms with Crippen LogP contribution in [0.4, 0.5) is 14.9 Å². The first kappa shape index (κ1) is 19.4. The van der Waals surface area contributed by atoms with Crippen molar-refractivity contribution in [1.29, 1.82) is 0 Å². The number of rotatable bonds is 6. The van der Waals surface area contributed by atoms with Gasteiger partial charge in [-0.3, -0.25) is 4.79 Å². The van der Waals surface area contributed by atoms with Gasteiger partial charge in [0.1, 0.15) is 12.1 Å². The minimum atomic E-state index is -0.520. The van der Waals surface area contributed by atoms with Gasteiger partial charge in [0.05, 0.1) is 12.2 Å². The Hall–Kier alpha value is -2.90. The van der Waals surface area contributed by atoms with Crippen LogP contribution in [0.1, 0.15) is 44.1 Å². The van der Waals surface area contributed by atoms with E-state index in [9.17, 15) is 14.0 Å². The number of nitrogens with one attached hydrogen (secondary N) is 2. The van der Waals surface area contributed by atoms with Gasteiger partial charge in [0.2, 0.25) is 5.89 Å². The standard InChI is InChI=1S/C18H23FN4O3/c1-11(2)20-17(24)15-10-26-16(21-15)9-23(12(3)4)18(25)22-14-8-6-5-7-13(14)19/h5-8,10-12H,9H2,1-4H3,(H,20,24)(H,22,25). The Kier molecular flexibility index (Phi) is 6.32. The van der Waals surface area contributed by atoms with Gasteiger partial charge < -0.3 is 20.0 Å². The Labute approximate surface area is 151 Å². The van der Waals surface area contributed by atoms with Crippen molar-refractivity contribution in [2.75, 3.05) is 5.32 Å². The molecule has 0 atom stereocenters. The van der Waals surface area contributed by atoms with Gasteiger partial charge in [-0.15, -0.1) is 0 Å². The molecular formula is C18H23FN4O3. The quantitative estimate of drug-likeness (QED) is 0.824. The van der Waals surface area contributed by atoms with Gasteiger partial charge >= 0.3 is 6.03 Å². The van der Waals surface area contributed by atoms with Gasteiger partial charge in [0.25, 0.3) is 5.91 Å². The summed E-state index contributed by atoms with van der Waals surface area (Å²) >= 11 is 0. The summed E-state index contributed by atoms with van der Waals surface area (Å²) in [6.45, 7) is 7.36. The maximum Gasteiger partial charge on any atom is 0.322 e. The van der Waals surface area contributed by atoms with Crippen molar-refractivity contribution in [3.05, 3.63) is 47.9 Å². The fraction of sp³-hybridized carbons (Fsp3) is 0.389. The van der Waals surface area contributed by atoms with Gasteiger partial charge in [-0.05, 0) is 39.8 Å². The van der Waals surface area contributed by atoms with Crippen molar-refractivity contribution in [2.24, 2.45) is 0 Å². The molecule has 8 heteroatoms. The molecule has 0 saturated carbocycles. The molecule has 0 aliphatic carbocycles.